The van der Waals surface area contributed by atoms with Crippen LogP contribution in [-0.2, 0) is 4.79 Å². The summed E-state index contributed by atoms with van der Waals surface area (Å²) in [6.07, 6.45) is 7.50. The normalized spacial score (nSPS) is 18.5. The molecule has 0 aromatic carbocycles. The van der Waals surface area contributed by atoms with Crippen LogP contribution in [-0.4, -0.2) is 30.0 Å². The lowest BCUT2D eigenvalue weighted by molar-refractivity contribution is -0.119. The number of carbonyl (C=O) groups excluding carboxylic acids is 1. The van der Waals surface area contributed by atoms with Gasteiger partial charge in [0.05, 0.1) is 5.75 Å². The Morgan fingerprint density at radius 3 is 2.53 bits per heavy atom. The van der Waals surface area contributed by atoms with Crippen molar-refractivity contribution in [2.45, 2.75) is 44.6 Å². The van der Waals surface area contributed by atoms with Gasteiger partial charge >= 0.3 is 0 Å². The molecule has 1 aliphatic rings. The quantitative estimate of drug-likeness (QED) is 0.556. The molecule has 0 unspecified atom stereocenters. The summed E-state index contributed by atoms with van der Waals surface area (Å²) in [6, 6.07) is 0.429. The summed E-state index contributed by atoms with van der Waals surface area (Å²) in [5, 5.41) is 3.12. The van der Waals surface area contributed by atoms with E-state index >= 15 is 0 Å². The number of nitrogens with two attached hydrogens (primary N) is 1. The van der Waals surface area contributed by atoms with Crippen molar-refractivity contribution in [1.29, 1.82) is 0 Å². The average molecular weight is 230 g/mol. The first kappa shape index (κ1) is 12.8. The Labute approximate surface area is 96.6 Å². The molecule has 0 aromatic rings. The summed E-state index contributed by atoms with van der Waals surface area (Å²) in [5.74, 6) is 1.62. The van der Waals surface area contributed by atoms with Crippen molar-refractivity contribution in [3.63, 3.8) is 0 Å². The van der Waals surface area contributed by atoms with E-state index < -0.39 is 0 Å². The molecular weight excluding hydrogens is 208 g/mol. The lowest BCUT2D eigenvalue weighted by Gasteiger charge is -2.15. The van der Waals surface area contributed by atoms with Crippen LogP contribution in [0.1, 0.15) is 38.5 Å². The fraction of sp³-hybridized carbons (Fsp3) is 0.909. The summed E-state index contributed by atoms with van der Waals surface area (Å²) < 4.78 is 0. The molecule has 0 saturated heterocycles. The number of thioether (sulfide) groups is 1. The predicted octanol–water partition coefficient (Wildman–Crippen LogP) is 1.52. The third kappa shape index (κ3) is 6.05. The zero-order chi connectivity index (χ0) is 10.9. The molecule has 0 radical (unpaired) electrons. The lowest BCUT2D eigenvalue weighted by atomic mass is 10.1. The first-order valence-corrected chi connectivity index (χ1v) is 7.05. The van der Waals surface area contributed by atoms with Crippen LogP contribution in [0.5, 0.6) is 0 Å². The molecule has 15 heavy (non-hydrogen) atoms. The van der Waals surface area contributed by atoms with Crippen LogP contribution in [0.15, 0.2) is 0 Å². The van der Waals surface area contributed by atoms with Crippen LogP contribution < -0.4 is 11.1 Å². The number of carbonyl (C=O) groups is 1. The molecule has 0 aliphatic heterocycles. The van der Waals surface area contributed by atoms with E-state index in [2.05, 4.69) is 5.32 Å². The molecular formula is C11H22N2OS. The maximum absolute atomic E-state index is 11.5. The smallest absolute Gasteiger partial charge is 0.230 e. The van der Waals surface area contributed by atoms with Gasteiger partial charge in [0.25, 0.3) is 0 Å². The van der Waals surface area contributed by atoms with Crippen LogP contribution in [0.2, 0.25) is 0 Å². The number of hydrogen-bond donors (Lipinski definition) is 2. The van der Waals surface area contributed by atoms with E-state index in [4.69, 9.17) is 5.73 Å². The van der Waals surface area contributed by atoms with Crippen molar-refractivity contribution < 1.29 is 4.79 Å². The van der Waals surface area contributed by atoms with Gasteiger partial charge in [0, 0.05) is 18.3 Å². The van der Waals surface area contributed by atoms with Gasteiger partial charge in [-0.05, 0) is 12.8 Å². The minimum Gasteiger partial charge on any atom is -0.353 e. The Hall–Kier alpha value is -0.220. The van der Waals surface area contributed by atoms with Crippen molar-refractivity contribution >= 4 is 17.7 Å². The molecule has 1 fully saturated rings. The van der Waals surface area contributed by atoms with Crippen LogP contribution in [0.4, 0.5) is 0 Å². The Bertz CT molecular complexity index is 179. The monoisotopic (exact) mass is 230 g/mol. The third-order valence-electron chi connectivity index (χ3n) is 2.72. The highest BCUT2D eigenvalue weighted by atomic mass is 32.2. The Morgan fingerprint density at radius 2 is 1.93 bits per heavy atom. The van der Waals surface area contributed by atoms with Gasteiger partial charge in [-0.25, -0.2) is 0 Å². The fourth-order valence-corrected chi connectivity index (χ4v) is 2.52. The maximum Gasteiger partial charge on any atom is 0.230 e. The molecule has 1 amide bonds. The Kier molecular flexibility index (Phi) is 6.85. The number of rotatable bonds is 5. The standard InChI is InChI=1S/C11H22N2OS/c12-7-8-15-9-11(14)13-10-5-3-1-2-4-6-10/h10H,1-9,12H2,(H,13,14). The molecule has 0 heterocycles. The zero-order valence-electron chi connectivity index (χ0n) is 9.34. The van der Waals surface area contributed by atoms with Gasteiger partial charge in [-0.3, -0.25) is 4.79 Å². The average Bonchev–Trinajstić information content (AvgIpc) is 2.47. The molecule has 0 bridgehead atoms. The topological polar surface area (TPSA) is 55.1 Å². The molecule has 3 nitrogen and oxygen atoms in total. The van der Waals surface area contributed by atoms with Gasteiger partial charge in [0.2, 0.25) is 5.91 Å². The van der Waals surface area contributed by atoms with E-state index in [0.29, 0.717) is 18.3 Å². The van der Waals surface area contributed by atoms with E-state index in [1.54, 1.807) is 11.8 Å². The highest BCUT2D eigenvalue weighted by molar-refractivity contribution is 7.99. The van der Waals surface area contributed by atoms with Crippen LogP contribution >= 0.6 is 11.8 Å². The van der Waals surface area contributed by atoms with Crippen molar-refractivity contribution in [2.75, 3.05) is 18.1 Å². The second kappa shape index (κ2) is 7.99. The first-order chi connectivity index (χ1) is 7.33. The van der Waals surface area contributed by atoms with Gasteiger partial charge in [-0.2, -0.15) is 11.8 Å². The molecule has 0 atom stereocenters. The van der Waals surface area contributed by atoms with Crippen molar-refractivity contribution in [2.24, 2.45) is 5.73 Å². The van der Waals surface area contributed by atoms with Gasteiger partial charge < -0.3 is 11.1 Å². The largest absolute Gasteiger partial charge is 0.353 e. The SMILES string of the molecule is NCCSCC(=O)NC1CCCCCC1. The molecule has 1 rings (SSSR count). The van der Waals surface area contributed by atoms with Gasteiger partial charge in [-0.15, -0.1) is 0 Å². The molecule has 4 heteroatoms. The van der Waals surface area contributed by atoms with Gasteiger partial charge in [0.1, 0.15) is 0 Å². The lowest BCUT2D eigenvalue weighted by Crippen LogP contribution is -2.35. The van der Waals surface area contributed by atoms with Crippen LogP contribution in [0.3, 0.4) is 0 Å². The van der Waals surface area contributed by atoms with E-state index in [1.165, 1.54) is 25.7 Å². The van der Waals surface area contributed by atoms with Gasteiger partial charge in [-0.1, -0.05) is 25.7 Å². The number of nitrogens with one attached hydrogen (secondary N) is 1. The van der Waals surface area contributed by atoms with E-state index in [9.17, 15) is 4.79 Å². The maximum atomic E-state index is 11.5. The minimum absolute atomic E-state index is 0.181. The number of hydrogen-bond acceptors (Lipinski definition) is 3. The summed E-state index contributed by atoms with van der Waals surface area (Å²) in [7, 11) is 0. The third-order valence-corrected chi connectivity index (χ3v) is 3.71. The molecule has 3 N–H and O–H groups in total. The zero-order valence-corrected chi connectivity index (χ0v) is 10.2. The highest BCUT2D eigenvalue weighted by Gasteiger charge is 2.14. The molecule has 1 aliphatic carbocycles. The summed E-state index contributed by atoms with van der Waals surface area (Å²) >= 11 is 1.62. The summed E-state index contributed by atoms with van der Waals surface area (Å²) in [5.41, 5.74) is 5.37. The van der Waals surface area contributed by atoms with Crippen molar-refractivity contribution in [3.8, 4) is 0 Å². The Morgan fingerprint density at radius 1 is 1.27 bits per heavy atom. The molecule has 1 saturated carbocycles. The van der Waals surface area contributed by atoms with Crippen LogP contribution in [0.25, 0.3) is 0 Å². The second-order valence-corrected chi connectivity index (χ2v) is 5.20. The van der Waals surface area contributed by atoms with E-state index in [1.807, 2.05) is 0 Å². The predicted molar refractivity (Wildman–Crippen MR) is 66.0 cm³/mol. The molecule has 88 valence electrons. The van der Waals surface area contributed by atoms with Crippen molar-refractivity contribution in [3.05, 3.63) is 0 Å². The minimum atomic E-state index is 0.181. The number of amides is 1. The van der Waals surface area contributed by atoms with E-state index in [0.717, 1.165) is 18.6 Å². The summed E-state index contributed by atoms with van der Waals surface area (Å²) in [4.78, 5) is 11.5. The van der Waals surface area contributed by atoms with Crippen molar-refractivity contribution in [1.82, 2.24) is 5.32 Å². The highest BCUT2D eigenvalue weighted by Crippen LogP contribution is 2.17. The van der Waals surface area contributed by atoms with Gasteiger partial charge in [0.15, 0.2) is 0 Å². The summed E-state index contributed by atoms with van der Waals surface area (Å²) in [6.45, 7) is 0.654. The first-order valence-electron chi connectivity index (χ1n) is 5.90. The molecule has 0 aromatic heterocycles. The fourth-order valence-electron chi connectivity index (χ4n) is 1.94. The van der Waals surface area contributed by atoms with E-state index in [-0.39, 0.29) is 5.91 Å². The molecule has 0 spiro atoms. The van der Waals surface area contributed by atoms with Crippen LogP contribution in [0, 0.1) is 0 Å². The Balaban J connectivity index is 2.12. The second-order valence-electron chi connectivity index (χ2n) is 4.10.